The SMILES string of the molecule is CCCCCCCCCCCCCCCCN(CCCN(C)C)c1ccc(N=C(c2ccc(N)c([N+](=O)[O-])c2)C2C(=O)Nc3cc(Cl)ccc32)cc1. The average Bonchev–Trinajstić information content (AvgIpc) is 3.44. The number of hydrogen-bond acceptors (Lipinski definition) is 7. The number of carbonyl (C=O) groups is 1. The maximum absolute atomic E-state index is 13.4. The Balaban J connectivity index is 1.42. The molecule has 1 aliphatic heterocycles. The molecule has 0 bridgehead atoms. The van der Waals surface area contributed by atoms with Crippen molar-refractivity contribution in [3.8, 4) is 0 Å². The Kier molecular flexibility index (Phi) is 16.9. The number of nitro benzene ring substituents is 1. The number of rotatable bonds is 24. The van der Waals surface area contributed by atoms with Crippen LogP contribution in [0.3, 0.4) is 0 Å². The molecule has 1 amide bonds. The predicted octanol–water partition coefficient (Wildman–Crippen LogP) is 10.9. The van der Waals surface area contributed by atoms with Crippen molar-refractivity contribution in [3.63, 3.8) is 0 Å². The summed E-state index contributed by atoms with van der Waals surface area (Å²) in [6, 6.07) is 17.9. The number of nitrogens with zero attached hydrogens (tertiary/aromatic N) is 4. The van der Waals surface area contributed by atoms with Crippen LogP contribution in [0.2, 0.25) is 5.02 Å². The molecule has 4 rings (SSSR count). The van der Waals surface area contributed by atoms with E-state index in [1.165, 1.54) is 95.6 Å². The zero-order valence-electron chi connectivity index (χ0n) is 31.5. The number of carbonyl (C=O) groups excluding carboxylic acids is 1. The molecule has 0 fully saturated rings. The van der Waals surface area contributed by atoms with Crippen molar-refractivity contribution >= 4 is 51.7 Å². The lowest BCUT2D eigenvalue weighted by atomic mass is 9.90. The summed E-state index contributed by atoms with van der Waals surface area (Å²) in [5.41, 5.74) is 9.71. The van der Waals surface area contributed by atoms with Gasteiger partial charge >= 0.3 is 0 Å². The molecule has 9 nitrogen and oxygen atoms in total. The van der Waals surface area contributed by atoms with Crippen LogP contribution in [-0.4, -0.2) is 55.2 Å². The van der Waals surface area contributed by atoms with Gasteiger partial charge in [0.1, 0.15) is 11.6 Å². The Bertz CT molecular complexity index is 1610. The molecule has 52 heavy (non-hydrogen) atoms. The zero-order valence-corrected chi connectivity index (χ0v) is 32.3. The second-order valence-corrected chi connectivity index (χ2v) is 14.9. The first-order valence-corrected chi connectivity index (χ1v) is 19.8. The summed E-state index contributed by atoms with van der Waals surface area (Å²) in [5, 5.41) is 15.2. The molecule has 1 heterocycles. The number of aliphatic imine (C=N–C) groups is 1. The van der Waals surface area contributed by atoms with Crippen molar-refractivity contribution in [2.45, 2.75) is 109 Å². The van der Waals surface area contributed by atoms with Gasteiger partial charge in [-0.3, -0.25) is 19.9 Å². The Morgan fingerprint density at radius 1 is 0.808 bits per heavy atom. The van der Waals surface area contributed by atoms with E-state index >= 15 is 0 Å². The summed E-state index contributed by atoms with van der Waals surface area (Å²) in [4.78, 5) is 34.3. The van der Waals surface area contributed by atoms with Crippen molar-refractivity contribution < 1.29 is 9.72 Å². The number of benzene rings is 3. The standard InChI is InChI=1S/C42H59ClN6O3/c1-4-5-6-7-8-9-10-11-12-13-14-15-16-17-28-48(29-18-27-47(2)3)35-23-21-34(22-24-35)45-41(32-19-26-37(44)39(30-32)49(51)52)40-36-25-20-33(43)31-38(36)46-42(40)50/h19-26,30-31,40H,4-18,27-29,44H2,1-3H3,(H,46,50). The minimum atomic E-state index is -0.780. The largest absolute Gasteiger partial charge is 0.393 e. The highest BCUT2D eigenvalue weighted by Gasteiger charge is 2.36. The van der Waals surface area contributed by atoms with Crippen LogP contribution < -0.4 is 16.0 Å². The zero-order chi connectivity index (χ0) is 37.3. The fraction of sp³-hybridized carbons (Fsp3) is 0.524. The molecule has 0 aromatic heterocycles. The first kappa shape index (κ1) is 40.8. The summed E-state index contributed by atoms with van der Waals surface area (Å²) in [5.74, 6) is -1.05. The third kappa shape index (κ3) is 12.6. The highest BCUT2D eigenvalue weighted by molar-refractivity contribution is 6.31. The highest BCUT2D eigenvalue weighted by Crippen LogP contribution is 2.39. The predicted molar refractivity (Wildman–Crippen MR) is 219 cm³/mol. The maximum atomic E-state index is 13.4. The van der Waals surface area contributed by atoms with E-state index < -0.39 is 10.8 Å². The first-order valence-electron chi connectivity index (χ1n) is 19.4. The van der Waals surface area contributed by atoms with Crippen molar-refractivity contribution in [1.82, 2.24) is 4.90 Å². The third-order valence-corrected chi connectivity index (χ3v) is 10.2. The van der Waals surface area contributed by atoms with Gasteiger partial charge in [-0.25, -0.2) is 0 Å². The van der Waals surface area contributed by atoms with Crippen LogP contribution in [0, 0.1) is 10.1 Å². The van der Waals surface area contributed by atoms with Crippen LogP contribution >= 0.6 is 11.6 Å². The van der Waals surface area contributed by atoms with Crippen LogP contribution in [0.1, 0.15) is 120 Å². The van der Waals surface area contributed by atoms with Crippen LogP contribution in [0.25, 0.3) is 0 Å². The minimum absolute atomic E-state index is 0.0497. The van der Waals surface area contributed by atoms with Gasteiger partial charge in [0.15, 0.2) is 0 Å². The van der Waals surface area contributed by atoms with Gasteiger partial charge in [0.25, 0.3) is 5.69 Å². The van der Waals surface area contributed by atoms with Crippen LogP contribution in [0.15, 0.2) is 65.7 Å². The molecule has 0 spiro atoms. The van der Waals surface area contributed by atoms with Crippen molar-refractivity contribution in [1.29, 1.82) is 0 Å². The number of nitro groups is 1. The molecule has 3 aromatic rings. The number of nitrogens with two attached hydrogens (primary N) is 1. The van der Waals surface area contributed by atoms with Gasteiger partial charge in [0.05, 0.1) is 16.3 Å². The van der Waals surface area contributed by atoms with Crippen LogP contribution in [0.5, 0.6) is 0 Å². The fourth-order valence-corrected chi connectivity index (χ4v) is 7.16. The van der Waals surface area contributed by atoms with E-state index in [9.17, 15) is 14.9 Å². The molecule has 0 aliphatic carbocycles. The number of amides is 1. The van der Waals surface area contributed by atoms with Crippen LogP contribution in [0.4, 0.5) is 28.4 Å². The monoisotopic (exact) mass is 730 g/mol. The van der Waals surface area contributed by atoms with Gasteiger partial charge in [0.2, 0.25) is 5.91 Å². The normalized spacial score (nSPS) is 14.1. The van der Waals surface area contributed by atoms with Crippen LogP contribution in [-0.2, 0) is 4.79 Å². The van der Waals surface area contributed by atoms with E-state index in [0.29, 0.717) is 33.2 Å². The van der Waals surface area contributed by atoms with E-state index in [1.54, 1.807) is 24.3 Å². The van der Waals surface area contributed by atoms with Crippen molar-refractivity contribution in [3.05, 3.63) is 86.9 Å². The lowest BCUT2D eigenvalue weighted by molar-refractivity contribution is -0.383. The molecule has 10 heteroatoms. The average molecular weight is 731 g/mol. The molecule has 0 radical (unpaired) electrons. The van der Waals surface area contributed by atoms with Gasteiger partial charge in [-0.15, -0.1) is 0 Å². The summed E-state index contributed by atoms with van der Waals surface area (Å²) >= 11 is 6.22. The number of hydrogen-bond donors (Lipinski definition) is 2. The first-order chi connectivity index (χ1) is 25.2. The molecule has 1 unspecified atom stereocenters. The number of fused-ring (bicyclic) bond motifs is 1. The second kappa shape index (κ2) is 21.5. The van der Waals surface area contributed by atoms with Gasteiger partial charge in [-0.1, -0.05) is 114 Å². The molecule has 3 N–H and O–H groups in total. The number of nitrogen functional groups attached to an aromatic ring is 1. The molecule has 0 saturated heterocycles. The van der Waals surface area contributed by atoms with E-state index in [2.05, 4.69) is 48.3 Å². The molecule has 1 aliphatic rings. The van der Waals surface area contributed by atoms with Crippen molar-refractivity contribution in [2.24, 2.45) is 4.99 Å². The molecule has 282 valence electrons. The third-order valence-electron chi connectivity index (χ3n) is 9.92. The molecular weight excluding hydrogens is 672 g/mol. The van der Waals surface area contributed by atoms with E-state index in [-0.39, 0.29) is 17.3 Å². The Hall–Kier alpha value is -3.95. The lowest BCUT2D eigenvalue weighted by Crippen LogP contribution is -2.28. The highest BCUT2D eigenvalue weighted by atomic mass is 35.5. The number of anilines is 3. The Morgan fingerprint density at radius 2 is 1.40 bits per heavy atom. The molecule has 1 atom stereocenters. The molecule has 3 aromatic carbocycles. The topological polar surface area (TPSA) is 117 Å². The van der Waals surface area contributed by atoms with E-state index in [0.717, 1.165) is 38.2 Å². The summed E-state index contributed by atoms with van der Waals surface area (Å²) in [6.45, 7) is 5.25. The second-order valence-electron chi connectivity index (χ2n) is 14.4. The van der Waals surface area contributed by atoms with E-state index in [1.807, 2.05) is 12.1 Å². The number of halogens is 1. The summed E-state index contributed by atoms with van der Waals surface area (Å²) < 4.78 is 0. The maximum Gasteiger partial charge on any atom is 0.292 e. The molecular formula is C42H59ClN6O3. The van der Waals surface area contributed by atoms with Crippen molar-refractivity contribution in [2.75, 3.05) is 49.7 Å². The Labute approximate surface area is 316 Å². The van der Waals surface area contributed by atoms with E-state index in [4.69, 9.17) is 22.3 Å². The van der Waals surface area contributed by atoms with Gasteiger partial charge < -0.3 is 20.9 Å². The van der Waals surface area contributed by atoms with Gasteiger partial charge in [0, 0.05) is 41.1 Å². The fourth-order valence-electron chi connectivity index (χ4n) is 6.99. The van der Waals surface area contributed by atoms with Gasteiger partial charge in [-0.2, -0.15) is 0 Å². The number of unbranched alkanes of at least 4 members (excludes halogenated alkanes) is 13. The quantitative estimate of drug-likeness (QED) is 0.0311. The van der Waals surface area contributed by atoms with Gasteiger partial charge in [-0.05, 0) is 81.5 Å². The molecule has 0 saturated carbocycles. The lowest BCUT2D eigenvalue weighted by Gasteiger charge is -2.26. The smallest absolute Gasteiger partial charge is 0.292 e. The summed E-state index contributed by atoms with van der Waals surface area (Å²) in [6.07, 6.45) is 19.9. The summed E-state index contributed by atoms with van der Waals surface area (Å²) in [7, 11) is 4.21. The minimum Gasteiger partial charge on any atom is -0.393 e. The number of nitrogens with one attached hydrogen (secondary N) is 1. The Morgan fingerprint density at radius 3 is 2.00 bits per heavy atom.